The largest absolute Gasteiger partial charge is 0.468 e. The van der Waals surface area contributed by atoms with Crippen LogP contribution in [0.25, 0.3) is 0 Å². The summed E-state index contributed by atoms with van der Waals surface area (Å²) in [6.45, 7) is 3.73. The minimum atomic E-state index is -4.06. The maximum Gasteiger partial charge on any atom is 0.333 e. The molecule has 0 aliphatic carbocycles. The summed E-state index contributed by atoms with van der Waals surface area (Å²) in [5.74, 6) is -4.21. The highest BCUT2D eigenvalue weighted by molar-refractivity contribution is 6.01. The van der Waals surface area contributed by atoms with Crippen molar-refractivity contribution in [2.45, 2.75) is 45.4 Å². The van der Waals surface area contributed by atoms with Gasteiger partial charge >= 0.3 is 11.9 Å². The molecule has 0 aliphatic rings. The van der Waals surface area contributed by atoms with Crippen LogP contribution in [0.15, 0.2) is 0 Å². The van der Waals surface area contributed by atoms with E-state index in [0.29, 0.717) is 7.11 Å². The molecule has 0 saturated heterocycles. The van der Waals surface area contributed by atoms with E-state index in [1.807, 2.05) is 0 Å². The van der Waals surface area contributed by atoms with E-state index in [4.69, 9.17) is 0 Å². The summed E-state index contributed by atoms with van der Waals surface area (Å²) in [7, 11) is 0.571. The van der Waals surface area contributed by atoms with Crippen LogP contribution in [-0.4, -0.2) is 43.7 Å². The molecule has 0 rings (SSSR count). The molecule has 118 valence electrons. The molecule has 2 unspecified atom stereocenters. The average Bonchev–Trinajstić information content (AvgIpc) is 2.26. The van der Waals surface area contributed by atoms with E-state index in [9.17, 15) is 31.5 Å². The Balaban J connectivity index is 5.88. The van der Waals surface area contributed by atoms with Gasteiger partial charge in [-0.25, -0.2) is 22.0 Å². The van der Waals surface area contributed by atoms with E-state index < -0.39 is 42.0 Å². The highest BCUT2D eigenvalue weighted by Crippen LogP contribution is 2.39. The van der Waals surface area contributed by atoms with Gasteiger partial charge in [-0.15, -0.1) is 0 Å². The Kier molecular flexibility index (Phi) is 5.91. The van der Waals surface area contributed by atoms with Crippen LogP contribution in [0.5, 0.6) is 0 Å². The Labute approximate surface area is 112 Å². The quantitative estimate of drug-likeness (QED) is 0.444. The van der Waals surface area contributed by atoms with Crippen molar-refractivity contribution in [2.24, 2.45) is 5.41 Å². The Morgan fingerprint density at radius 3 is 1.65 bits per heavy atom. The fourth-order valence-electron chi connectivity index (χ4n) is 1.34. The van der Waals surface area contributed by atoms with Gasteiger partial charge < -0.3 is 9.47 Å². The first-order chi connectivity index (χ1) is 8.91. The maximum atomic E-state index is 13.5. The summed E-state index contributed by atoms with van der Waals surface area (Å²) in [6.07, 6.45) is -11.8. The van der Waals surface area contributed by atoms with Gasteiger partial charge in [0.15, 0.2) is 6.17 Å². The first-order valence-electron chi connectivity index (χ1n) is 5.43. The van der Waals surface area contributed by atoms with E-state index >= 15 is 0 Å². The number of carbonyl (C=O) groups is 2. The van der Waals surface area contributed by atoms with Crippen molar-refractivity contribution in [2.75, 3.05) is 7.11 Å². The predicted molar refractivity (Wildman–Crippen MR) is 57.2 cm³/mol. The molecule has 0 radical (unpaired) electrons. The third-order valence-corrected chi connectivity index (χ3v) is 2.26. The van der Waals surface area contributed by atoms with E-state index in [1.54, 1.807) is 0 Å². The van der Waals surface area contributed by atoms with Crippen LogP contribution in [0.2, 0.25) is 0 Å². The number of esters is 2. The van der Waals surface area contributed by atoms with Crippen LogP contribution < -0.4 is 0 Å². The summed E-state index contributed by atoms with van der Waals surface area (Å²) in [4.78, 5) is 23.1. The second-order valence-corrected chi connectivity index (χ2v) is 4.90. The number of hydrogen-bond donors (Lipinski definition) is 0. The molecule has 2 atom stereocenters. The molecule has 0 spiro atoms. The van der Waals surface area contributed by atoms with Crippen molar-refractivity contribution in [3.8, 4) is 0 Å². The number of ether oxygens (including phenoxy) is 2. The third-order valence-electron chi connectivity index (χ3n) is 2.26. The number of rotatable bonds is 5. The molecule has 0 aromatic carbocycles. The molecule has 0 N–H and O–H groups in total. The smallest absolute Gasteiger partial charge is 0.333 e. The van der Waals surface area contributed by atoms with Gasteiger partial charge in [-0.05, 0) is 20.8 Å². The van der Waals surface area contributed by atoms with Gasteiger partial charge in [0.2, 0.25) is 0 Å². The highest BCUT2D eigenvalue weighted by atomic mass is 19.3. The topological polar surface area (TPSA) is 52.6 Å². The number of methoxy groups -OCH3 is 1. The first kappa shape index (κ1) is 18.6. The van der Waals surface area contributed by atoms with Crippen LogP contribution >= 0.6 is 0 Å². The van der Waals surface area contributed by atoms with Crippen LogP contribution in [0, 0.1) is 5.41 Å². The van der Waals surface area contributed by atoms with Gasteiger partial charge in [-0.3, -0.25) is 9.59 Å². The molecule has 9 heteroatoms. The van der Waals surface area contributed by atoms with Crippen LogP contribution in [0.1, 0.15) is 20.8 Å². The average molecular weight is 306 g/mol. The number of halogens is 5. The summed E-state index contributed by atoms with van der Waals surface area (Å²) >= 11 is 0. The lowest BCUT2D eigenvalue weighted by molar-refractivity contribution is -0.205. The third kappa shape index (κ3) is 3.57. The van der Waals surface area contributed by atoms with Gasteiger partial charge in [-0.2, -0.15) is 0 Å². The van der Waals surface area contributed by atoms with Crippen LogP contribution in [0.3, 0.4) is 0 Å². The minimum absolute atomic E-state index is 0.571. The van der Waals surface area contributed by atoms with Gasteiger partial charge in [0.05, 0.1) is 7.11 Å². The van der Waals surface area contributed by atoms with Gasteiger partial charge in [0, 0.05) is 0 Å². The second kappa shape index (κ2) is 6.36. The molecule has 0 bridgehead atoms. The highest BCUT2D eigenvalue weighted by Gasteiger charge is 2.66. The van der Waals surface area contributed by atoms with Crippen molar-refractivity contribution >= 4 is 11.9 Å². The molecule has 0 saturated carbocycles. The molecule has 0 aliphatic heterocycles. The molecule has 0 fully saturated rings. The Hall–Kier alpha value is -1.41. The molecule has 0 amide bonds. The molecular weight excluding hydrogens is 291 g/mol. The molecule has 4 nitrogen and oxygen atoms in total. The van der Waals surface area contributed by atoms with E-state index in [1.165, 1.54) is 20.8 Å². The first-order valence-corrected chi connectivity index (χ1v) is 5.43. The van der Waals surface area contributed by atoms with Crippen molar-refractivity contribution in [1.82, 2.24) is 0 Å². The lowest BCUT2D eigenvalue weighted by Crippen LogP contribution is -2.57. The molecular formula is C11H15F5O4. The van der Waals surface area contributed by atoms with E-state index in [-0.39, 0.29) is 0 Å². The Bertz CT molecular complexity index is 366. The fraction of sp³-hybridized carbons (Fsp3) is 0.818. The zero-order chi connectivity index (χ0) is 16.3. The molecule has 0 aromatic rings. The van der Waals surface area contributed by atoms with Crippen molar-refractivity contribution in [3.05, 3.63) is 0 Å². The zero-order valence-electron chi connectivity index (χ0n) is 11.3. The van der Waals surface area contributed by atoms with E-state index in [0.717, 1.165) is 0 Å². The van der Waals surface area contributed by atoms with Crippen molar-refractivity contribution in [3.63, 3.8) is 0 Å². The lowest BCUT2D eigenvalue weighted by Gasteiger charge is -2.33. The molecule has 0 heterocycles. The lowest BCUT2D eigenvalue weighted by atomic mass is 9.83. The van der Waals surface area contributed by atoms with Gasteiger partial charge in [-0.1, -0.05) is 0 Å². The SMILES string of the molecule is COC(=O)C(C(=O)OC(C)(C)C)(C(F)F)C(F)C(F)F. The van der Waals surface area contributed by atoms with E-state index in [2.05, 4.69) is 9.47 Å². The van der Waals surface area contributed by atoms with Crippen molar-refractivity contribution in [1.29, 1.82) is 0 Å². The molecule has 0 aromatic heterocycles. The second-order valence-electron chi connectivity index (χ2n) is 4.90. The standard InChI is InChI=1S/C11H15F5O4/c1-10(2,3)20-9(18)11(7(15)16,8(17)19-4)5(12)6(13)14/h5-7H,1-4H3. The Morgan fingerprint density at radius 1 is 0.950 bits per heavy atom. The number of alkyl halides is 5. The maximum absolute atomic E-state index is 13.5. The monoisotopic (exact) mass is 306 g/mol. The predicted octanol–water partition coefficient (Wildman–Crippen LogP) is 2.36. The summed E-state index contributed by atoms with van der Waals surface area (Å²) in [5, 5.41) is 0. The number of carbonyl (C=O) groups excluding carboxylic acids is 2. The van der Waals surface area contributed by atoms with Gasteiger partial charge in [0.1, 0.15) is 5.60 Å². The minimum Gasteiger partial charge on any atom is -0.468 e. The fourth-order valence-corrected chi connectivity index (χ4v) is 1.34. The van der Waals surface area contributed by atoms with Gasteiger partial charge in [0.25, 0.3) is 18.3 Å². The number of hydrogen-bond acceptors (Lipinski definition) is 4. The molecule has 20 heavy (non-hydrogen) atoms. The van der Waals surface area contributed by atoms with Crippen LogP contribution in [-0.2, 0) is 19.1 Å². The summed E-state index contributed by atoms with van der Waals surface area (Å²) in [6, 6.07) is 0. The zero-order valence-corrected chi connectivity index (χ0v) is 11.3. The summed E-state index contributed by atoms with van der Waals surface area (Å²) < 4.78 is 72.9. The normalized spacial score (nSPS) is 16.8. The Morgan fingerprint density at radius 2 is 1.40 bits per heavy atom. The summed E-state index contributed by atoms with van der Waals surface area (Å²) in [5.41, 5.74) is -5.40. The van der Waals surface area contributed by atoms with Crippen LogP contribution in [0.4, 0.5) is 22.0 Å². The van der Waals surface area contributed by atoms with Crippen molar-refractivity contribution < 1.29 is 41.0 Å².